The number of carbonyl (C=O) groups is 2. The molecule has 5 rings (SSSR count). The molecule has 0 radical (unpaired) electrons. The lowest BCUT2D eigenvalue weighted by Crippen LogP contribution is -2.53. The number of amides is 1. The topological polar surface area (TPSA) is 68.3 Å². The number of carbonyl (C=O) groups excluding carboxylic acids is 2. The van der Waals surface area contributed by atoms with Crippen molar-refractivity contribution in [2.45, 2.75) is 25.5 Å². The van der Waals surface area contributed by atoms with E-state index in [9.17, 15) is 9.59 Å². The van der Waals surface area contributed by atoms with Gasteiger partial charge in [0, 0.05) is 6.54 Å². The summed E-state index contributed by atoms with van der Waals surface area (Å²) in [5.41, 5.74) is 1.85. The third kappa shape index (κ3) is 4.66. The number of ether oxygens (including phenoxy) is 3. The van der Waals surface area contributed by atoms with E-state index in [4.69, 9.17) is 14.2 Å². The van der Waals surface area contributed by atoms with Crippen molar-refractivity contribution in [2.24, 2.45) is 5.92 Å². The highest BCUT2D eigenvalue weighted by atomic mass is 16.6. The summed E-state index contributed by atoms with van der Waals surface area (Å²) in [7, 11) is 2.93. The Hall–Kier alpha value is -3.06. The maximum absolute atomic E-state index is 13.4. The number of nitrogens with zero attached hydrogens (tertiary/aromatic N) is 2. The monoisotopic (exact) mass is 424 g/mol. The first kappa shape index (κ1) is 21.2. The van der Waals surface area contributed by atoms with Crippen LogP contribution in [0.2, 0.25) is 0 Å². The molecule has 164 valence electrons. The number of rotatable bonds is 6. The number of anilines is 1. The number of hydrogen-bond acceptors (Lipinski definition) is 6. The van der Waals surface area contributed by atoms with Gasteiger partial charge in [-0.3, -0.25) is 9.80 Å². The van der Waals surface area contributed by atoms with E-state index in [1.807, 2.05) is 30.3 Å². The molecule has 2 aromatic carbocycles. The summed E-state index contributed by atoms with van der Waals surface area (Å²) < 4.78 is 16.3. The summed E-state index contributed by atoms with van der Waals surface area (Å²) in [5, 5.41) is 0. The second-order valence-corrected chi connectivity index (χ2v) is 8.01. The van der Waals surface area contributed by atoms with Gasteiger partial charge in [-0.25, -0.2) is 9.59 Å². The van der Waals surface area contributed by atoms with Gasteiger partial charge in [-0.2, -0.15) is 0 Å². The van der Waals surface area contributed by atoms with E-state index >= 15 is 0 Å². The van der Waals surface area contributed by atoms with E-state index in [1.54, 1.807) is 30.2 Å². The number of fused-ring (bicyclic) bond motifs is 3. The van der Waals surface area contributed by atoms with Gasteiger partial charge in [0.25, 0.3) is 0 Å². The number of piperidine rings is 3. The summed E-state index contributed by atoms with van der Waals surface area (Å²) in [6.45, 7) is 3.18. The second-order valence-electron chi connectivity index (χ2n) is 8.01. The van der Waals surface area contributed by atoms with Crippen LogP contribution in [0.4, 0.5) is 10.5 Å². The van der Waals surface area contributed by atoms with E-state index in [0.717, 1.165) is 38.0 Å². The van der Waals surface area contributed by atoms with Gasteiger partial charge in [0.2, 0.25) is 0 Å². The predicted octanol–water partition coefficient (Wildman–Crippen LogP) is 3.72. The van der Waals surface area contributed by atoms with Gasteiger partial charge in [0.05, 0.1) is 32.0 Å². The lowest BCUT2D eigenvalue weighted by molar-refractivity contribution is -0.0311. The van der Waals surface area contributed by atoms with Crippen molar-refractivity contribution in [3.05, 3.63) is 59.7 Å². The Morgan fingerprint density at radius 1 is 1.06 bits per heavy atom. The molecule has 0 aliphatic carbocycles. The van der Waals surface area contributed by atoms with E-state index in [-0.39, 0.29) is 12.6 Å². The lowest BCUT2D eigenvalue weighted by Gasteiger charge is -2.44. The molecule has 1 amide bonds. The van der Waals surface area contributed by atoms with Gasteiger partial charge in [0.1, 0.15) is 11.9 Å². The molecule has 3 heterocycles. The Morgan fingerprint density at radius 3 is 2.52 bits per heavy atom. The van der Waals surface area contributed by atoms with Gasteiger partial charge in [0.15, 0.2) is 0 Å². The molecule has 3 saturated heterocycles. The van der Waals surface area contributed by atoms with Crippen molar-refractivity contribution in [1.29, 1.82) is 0 Å². The molecule has 2 bridgehead atoms. The molecule has 2 aromatic rings. The summed E-state index contributed by atoms with van der Waals surface area (Å²) in [4.78, 5) is 29.2. The summed E-state index contributed by atoms with van der Waals surface area (Å²) >= 11 is 0. The third-order valence-corrected chi connectivity index (χ3v) is 6.13. The van der Waals surface area contributed by atoms with Gasteiger partial charge in [-0.05, 0) is 61.7 Å². The zero-order valence-electron chi connectivity index (χ0n) is 18.0. The first-order chi connectivity index (χ1) is 15.1. The van der Waals surface area contributed by atoms with Crippen molar-refractivity contribution in [2.75, 3.05) is 38.8 Å². The van der Waals surface area contributed by atoms with Crippen LogP contribution in [0.1, 0.15) is 28.8 Å². The van der Waals surface area contributed by atoms with E-state index < -0.39 is 12.1 Å². The number of para-hydroxylation sites is 2. The number of methoxy groups -OCH3 is 2. The number of hydrogen-bond donors (Lipinski definition) is 0. The minimum absolute atomic E-state index is 0.103. The quantitative estimate of drug-likeness (QED) is 0.659. The summed E-state index contributed by atoms with van der Waals surface area (Å²) in [6.07, 6.45) is 1.61. The maximum atomic E-state index is 13.4. The third-order valence-electron chi connectivity index (χ3n) is 6.13. The van der Waals surface area contributed by atoms with Crippen molar-refractivity contribution < 1.29 is 23.8 Å². The Labute approximate surface area is 182 Å². The van der Waals surface area contributed by atoms with Crippen LogP contribution >= 0.6 is 0 Å². The van der Waals surface area contributed by atoms with Crippen LogP contribution < -0.4 is 9.64 Å². The smallest absolute Gasteiger partial charge is 0.415 e. The largest absolute Gasteiger partial charge is 0.495 e. The highest BCUT2D eigenvalue weighted by Gasteiger charge is 2.37. The minimum atomic E-state index is -0.416. The molecule has 3 aliphatic heterocycles. The Balaban J connectivity index is 1.60. The Kier molecular flexibility index (Phi) is 6.42. The summed E-state index contributed by atoms with van der Waals surface area (Å²) in [6, 6.07) is 14.4. The molecular formula is C24H28N2O5. The predicted molar refractivity (Wildman–Crippen MR) is 116 cm³/mol. The van der Waals surface area contributed by atoms with Gasteiger partial charge in [-0.1, -0.05) is 24.3 Å². The molecule has 3 aliphatic rings. The molecule has 0 N–H and O–H groups in total. The molecule has 31 heavy (non-hydrogen) atoms. The van der Waals surface area contributed by atoms with Crippen LogP contribution in [0, 0.1) is 5.92 Å². The molecule has 7 heteroatoms. The summed E-state index contributed by atoms with van der Waals surface area (Å²) in [5.74, 6) is 0.578. The van der Waals surface area contributed by atoms with Crippen LogP contribution in [0.5, 0.6) is 5.75 Å². The fourth-order valence-corrected chi connectivity index (χ4v) is 4.44. The van der Waals surface area contributed by atoms with E-state index in [0.29, 0.717) is 22.9 Å². The first-order valence-electron chi connectivity index (χ1n) is 10.6. The zero-order valence-corrected chi connectivity index (χ0v) is 18.0. The molecule has 0 spiro atoms. The van der Waals surface area contributed by atoms with Crippen LogP contribution in [-0.2, 0) is 16.0 Å². The zero-order chi connectivity index (χ0) is 21.8. The average molecular weight is 424 g/mol. The normalized spacial score (nSPS) is 21.9. The van der Waals surface area contributed by atoms with Crippen LogP contribution in [0.15, 0.2) is 48.5 Å². The van der Waals surface area contributed by atoms with Crippen molar-refractivity contribution in [3.8, 4) is 5.75 Å². The SMILES string of the molecule is COC(=O)c1cccc(CN(C(=O)OC2CN3CCC2CC3)c2ccccc2OC)c1. The standard InChI is InChI=1S/C24H28N2O5/c1-29-21-9-4-3-8-20(21)26(15-17-6-5-7-19(14-17)23(27)30-2)24(28)31-22-16-25-12-10-18(22)11-13-25/h3-9,14,18,22H,10-13,15-16H2,1-2H3. The maximum Gasteiger partial charge on any atom is 0.415 e. The highest BCUT2D eigenvalue weighted by molar-refractivity contribution is 5.91. The van der Waals surface area contributed by atoms with Crippen molar-refractivity contribution >= 4 is 17.7 Å². The average Bonchev–Trinajstić information content (AvgIpc) is 2.83. The van der Waals surface area contributed by atoms with Crippen LogP contribution in [0.3, 0.4) is 0 Å². The second kappa shape index (κ2) is 9.39. The first-order valence-corrected chi connectivity index (χ1v) is 10.6. The molecule has 0 aromatic heterocycles. The molecule has 7 nitrogen and oxygen atoms in total. The lowest BCUT2D eigenvalue weighted by atomic mass is 9.86. The fraction of sp³-hybridized carbons (Fsp3) is 0.417. The van der Waals surface area contributed by atoms with E-state index in [1.165, 1.54) is 7.11 Å². The fourth-order valence-electron chi connectivity index (χ4n) is 4.44. The number of benzene rings is 2. The highest BCUT2D eigenvalue weighted by Crippen LogP contribution is 2.33. The van der Waals surface area contributed by atoms with Crippen molar-refractivity contribution in [3.63, 3.8) is 0 Å². The molecule has 0 saturated carbocycles. The number of esters is 1. The van der Waals surface area contributed by atoms with Crippen LogP contribution in [0.25, 0.3) is 0 Å². The van der Waals surface area contributed by atoms with Crippen LogP contribution in [-0.4, -0.2) is 56.9 Å². The van der Waals surface area contributed by atoms with Gasteiger partial charge in [-0.15, -0.1) is 0 Å². The molecule has 1 atom stereocenters. The Morgan fingerprint density at radius 2 is 1.84 bits per heavy atom. The minimum Gasteiger partial charge on any atom is -0.495 e. The Bertz CT molecular complexity index is 939. The van der Waals surface area contributed by atoms with Gasteiger partial charge >= 0.3 is 12.1 Å². The van der Waals surface area contributed by atoms with E-state index in [2.05, 4.69) is 4.90 Å². The van der Waals surface area contributed by atoms with Gasteiger partial charge < -0.3 is 14.2 Å². The molecule has 1 unspecified atom stereocenters. The molecule has 3 fully saturated rings. The van der Waals surface area contributed by atoms with Crippen molar-refractivity contribution in [1.82, 2.24) is 4.90 Å². The molecular weight excluding hydrogens is 396 g/mol.